The molecule has 5 nitrogen and oxygen atoms in total. The number of carbonyl (C=O) groups excluding carboxylic acids is 1. The molecule has 1 aliphatic rings. The van der Waals surface area contributed by atoms with Crippen LogP contribution in [0.1, 0.15) is 73.3 Å². The number of carbonyl (C=O) groups is 1. The van der Waals surface area contributed by atoms with E-state index >= 15 is 0 Å². The van der Waals surface area contributed by atoms with Crippen molar-refractivity contribution in [3.63, 3.8) is 0 Å². The number of benzene rings is 1. The van der Waals surface area contributed by atoms with Gasteiger partial charge in [-0.2, -0.15) is 5.10 Å². The molecule has 1 aliphatic carbocycles. The number of aromatic amines is 1. The average Bonchev–Trinajstić information content (AvgIpc) is 3.16. The number of aryl methyl sites for hydroxylation is 1. The van der Waals surface area contributed by atoms with Crippen LogP contribution in [0.5, 0.6) is 0 Å². The number of nitrogens with one attached hydrogen (secondary N) is 1. The second-order valence-corrected chi connectivity index (χ2v) is 7.20. The maximum atomic E-state index is 13.2. The number of aromatic nitrogens is 2. The van der Waals surface area contributed by atoms with Gasteiger partial charge in [-0.3, -0.25) is 9.89 Å². The van der Waals surface area contributed by atoms with Gasteiger partial charge in [0.05, 0.1) is 12.6 Å². The van der Waals surface area contributed by atoms with E-state index in [0.29, 0.717) is 12.2 Å². The molecule has 1 aromatic carbocycles. The molecule has 26 heavy (non-hydrogen) atoms. The minimum absolute atomic E-state index is 0.0783. The van der Waals surface area contributed by atoms with Gasteiger partial charge < -0.3 is 10.0 Å². The molecule has 0 radical (unpaired) electrons. The van der Waals surface area contributed by atoms with E-state index in [9.17, 15) is 9.90 Å². The third-order valence-electron chi connectivity index (χ3n) is 5.20. The van der Waals surface area contributed by atoms with E-state index < -0.39 is 6.10 Å². The van der Waals surface area contributed by atoms with Crippen LogP contribution in [0.2, 0.25) is 0 Å². The largest absolute Gasteiger partial charge is 0.387 e. The highest BCUT2D eigenvalue weighted by Gasteiger charge is 2.29. The highest BCUT2D eigenvalue weighted by atomic mass is 16.3. The van der Waals surface area contributed by atoms with Gasteiger partial charge in [0, 0.05) is 11.7 Å². The van der Waals surface area contributed by atoms with E-state index in [2.05, 4.69) is 17.1 Å². The Hall–Kier alpha value is -2.14. The van der Waals surface area contributed by atoms with Crippen molar-refractivity contribution in [2.24, 2.45) is 0 Å². The number of hydrogen-bond donors (Lipinski definition) is 2. The van der Waals surface area contributed by atoms with Crippen molar-refractivity contribution in [3.05, 3.63) is 53.3 Å². The van der Waals surface area contributed by atoms with Crippen molar-refractivity contribution in [1.29, 1.82) is 0 Å². The van der Waals surface area contributed by atoms with Gasteiger partial charge in [-0.05, 0) is 30.9 Å². The predicted octanol–water partition coefficient (Wildman–Crippen LogP) is 3.87. The first-order chi connectivity index (χ1) is 12.7. The number of H-pyrrole nitrogens is 1. The molecule has 1 atom stereocenters. The van der Waals surface area contributed by atoms with Crippen LogP contribution in [0.3, 0.4) is 0 Å². The first-order valence-corrected chi connectivity index (χ1v) is 9.77. The zero-order valence-corrected chi connectivity index (χ0v) is 15.5. The molecule has 1 fully saturated rings. The first kappa shape index (κ1) is 18.6. The van der Waals surface area contributed by atoms with Gasteiger partial charge in [-0.15, -0.1) is 0 Å². The van der Waals surface area contributed by atoms with Crippen LogP contribution < -0.4 is 0 Å². The van der Waals surface area contributed by atoms with Gasteiger partial charge in [-0.1, -0.05) is 62.9 Å². The van der Waals surface area contributed by atoms with Gasteiger partial charge in [-0.25, -0.2) is 0 Å². The lowest BCUT2D eigenvalue weighted by molar-refractivity contribution is 0.0449. The summed E-state index contributed by atoms with van der Waals surface area (Å²) < 4.78 is 0. The number of nitrogens with zero attached hydrogens (tertiary/aromatic N) is 2. The summed E-state index contributed by atoms with van der Waals surface area (Å²) in [4.78, 5) is 15.0. The van der Waals surface area contributed by atoms with Crippen LogP contribution in [-0.4, -0.2) is 38.7 Å². The van der Waals surface area contributed by atoms with E-state index in [-0.39, 0.29) is 11.9 Å². The van der Waals surface area contributed by atoms with Gasteiger partial charge in [0.2, 0.25) is 0 Å². The molecule has 0 spiro atoms. The lowest BCUT2D eigenvalue weighted by atomic mass is 9.93. The van der Waals surface area contributed by atoms with Crippen LogP contribution >= 0.6 is 0 Å². The second kappa shape index (κ2) is 8.99. The Labute approximate surface area is 155 Å². The Balaban J connectivity index is 1.78. The maximum Gasteiger partial charge on any atom is 0.274 e. The van der Waals surface area contributed by atoms with Crippen molar-refractivity contribution in [3.8, 4) is 0 Å². The molecule has 1 saturated carbocycles. The monoisotopic (exact) mass is 355 g/mol. The van der Waals surface area contributed by atoms with Crippen LogP contribution in [0, 0.1) is 0 Å². The van der Waals surface area contributed by atoms with E-state index in [1.54, 1.807) is 0 Å². The highest BCUT2D eigenvalue weighted by molar-refractivity contribution is 5.92. The molecule has 2 aromatic rings. The van der Waals surface area contributed by atoms with E-state index in [0.717, 1.165) is 49.8 Å². The predicted molar refractivity (Wildman–Crippen MR) is 102 cm³/mol. The molecule has 1 aromatic heterocycles. The topological polar surface area (TPSA) is 69.2 Å². The van der Waals surface area contributed by atoms with Crippen molar-refractivity contribution >= 4 is 5.91 Å². The molecule has 0 aliphatic heterocycles. The molecular formula is C21H29N3O2. The third-order valence-corrected chi connectivity index (χ3v) is 5.20. The Morgan fingerprint density at radius 2 is 2.00 bits per heavy atom. The number of hydrogen-bond acceptors (Lipinski definition) is 3. The van der Waals surface area contributed by atoms with Crippen molar-refractivity contribution < 1.29 is 9.90 Å². The Morgan fingerprint density at radius 3 is 2.69 bits per heavy atom. The third kappa shape index (κ3) is 4.52. The van der Waals surface area contributed by atoms with Crippen molar-refractivity contribution in [2.45, 2.75) is 64.0 Å². The summed E-state index contributed by atoms with van der Waals surface area (Å²) in [5, 5.41) is 17.9. The smallest absolute Gasteiger partial charge is 0.274 e. The fourth-order valence-corrected chi connectivity index (χ4v) is 3.77. The Morgan fingerprint density at radius 1 is 1.27 bits per heavy atom. The van der Waals surface area contributed by atoms with Gasteiger partial charge in [0.25, 0.3) is 5.91 Å². The van der Waals surface area contributed by atoms with Crippen molar-refractivity contribution in [2.75, 3.05) is 6.54 Å². The van der Waals surface area contributed by atoms with Gasteiger partial charge in [0.1, 0.15) is 5.69 Å². The molecule has 2 N–H and O–H groups in total. The molecule has 0 saturated heterocycles. The minimum atomic E-state index is -0.684. The van der Waals surface area contributed by atoms with Crippen LogP contribution in [-0.2, 0) is 6.42 Å². The summed E-state index contributed by atoms with van der Waals surface area (Å²) in [5.41, 5.74) is 2.29. The summed E-state index contributed by atoms with van der Waals surface area (Å²) >= 11 is 0. The van der Waals surface area contributed by atoms with Gasteiger partial charge >= 0.3 is 0 Å². The maximum absolute atomic E-state index is 13.2. The van der Waals surface area contributed by atoms with E-state index in [1.807, 2.05) is 41.3 Å². The van der Waals surface area contributed by atoms with E-state index in [1.165, 1.54) is 6.42 Å². The van der Waals surface area contributed by atoms with Crippen molar-refractivity contribution in [1.82, 2.24) is 15.1 Å². The number of rotatable bonds is 7. The van der Waals surface area contributed by atoms with Gasteiger partial charge in [0.15, 0.2) is 0 Å². The fourth-order valence-electron chi connectivity index (χ4n) is 3.77. The SMILES string of the molecule is CCCc1cc(C(=O)N(C[C@@H](O)c2ccccc2)C2CCCCC2)n[nH]1. The molecular weight excluding hydrogens is 326 g/mol. The Kier molecular flexibility index (Phi) is 6.45. The summed E-state index contributed by atoms with van der Waals surface area (Å²) in [6, 6.07) is 11.6. The summed E-state index contributed by atoms with van der Waals surface area (Å²) in [6.45, 7) is 2.41. The standard InChI is InChI=1S/C21H29N3O2/c1-2-9-17-14-19(23-22-17)21(26)24(18-12-7-4-8-13-18)15-20(25)16-10-5-3-6-11-16/h3,5-6,10-11,14,18,20,25H,2,4,7-9,12-13,15H2,1H3,(H,22,23)/t20-/m1/s1. The molecule has 1 amide bonds. The molecule has 140 valence electrons. The molecule has 5 heteroatoms. The molecule has 1 heterocycles. The second-order valence-electron chi connectivity index (χ2n) is 7.20. The average molecular weight is 355 g/mol. The summed E-state index contributed by atoms with van der Waals surface area (Å²) in [6.07, 6.45) is 6.71. The lowest BCUT2D eigenvalue weighted by Gasteiger charge is -2.35. The number of amides is 1. The fraction of sp³-hybridized carbons (Fsp3) is 0.524. The number of aliphatic hydroxyl groups is 1. The zero-order chi connectivity index (χ0) is 18.4. The summed E-state index contributed by atoms with van der Waals surface area (Å²) in [7, 11) is 0. The first-order valence-electron chi connectivity index (χ1n) is 9.77. The van der Waals surface area contributed by atoms with E-state index in [4.69, 9.17) is 0 Å². The van der Waals surface area contributed by atoms with Crippen LogP contribution in [0.15, 0.2) is 36.4 Å². The number of aliphatic hydroxyl groups excluding tert-OH is 1. The molecule has 0 unspecified atom stereocenters. The van der Waals surface area contributed by atoms with Crippen LogP contribution in [0.4, 0.5) is 0 Å². The molecule has 0 bridgehead atoms. The molecule has 3 rings (SSSR count). The normalized spacial score (nSPS) is 16.4. The quantitative estimate of drug-likeness (QED) is 0.792. The zero-order valence-electron chi connectivity index (χ0n) is 15.5. The van der Waals surface area contributed by atoms with Crippen LogP contribution in [0.25, 0.3) is 0 Å². The minimum Gasteiger partial charge on any atom is -0.387 e. The highest BCUT2D eigenvalue weighted by Crippen LogP contribution is 2.26. The summed E-state index contributed by atoms with van der Waals surface area (Å²) in [5.74, 6) is -0.0783. The lowest BCUT2D eigenvalue weighted by Crippen LogP contribution is -2.44. The Bertz CT molecular complexity index is 692.